The van der Waals surface area contributed by atoms with Crippen LogP contribution in [-0.2, 0) is 8.60 Å². The second-order valence-corrected chi connectivity index (χ2v) is 5.26. The third kappa shape index (κ3) is 4.14. The quantitative estimate of drug-likeness (QED) is 0.545. The molecule has 0 spiro atoms. The lowest BCUT2D eigenvalue weighted by Gasteiger charge is -2.43. The van der Waals surface area contributed by atoms with Crippen molar-refractivity contribution in [3.05, 3.63) is 0 Å². The first-order valence-corrected chi connectivity index (χ1v) is 6.33. The Hall–Kier alpha value is 0.0500. The van der Waals surface area contributed by atoms with Gasteiger partial charge in [-0.1, -0.05) is 0 Å². The lowest BCUT2D eigenvalue weighted by atomic mass is 10.1. The first kappa shape index (κ1) is 16.1. The second-order valence-electron chi connectivity index (χ2n) is 4.07. The maximum absolute atomic E-state index is 11.1. The smallest absolute Gasteiger partial charge is 0.212 e. The minimum atomic E-state index is -2.50. The van der Waals surface area contributed by atoms with Gasteiger partial charge in [0, 0.05) is 12.1 Å². The van der Waals surface area contributed by atoms with Crippen molar-refractivity contribution < 1.29 is 13.5 Å². The molecule has 5 nitrogen and oxygen atoms in total. The fourth-order valence-electron chi connectivity index (χ4n) is 1.87. The topological polar surface area (TPSA) is 68.6 Å². The van der Waals surface area contributed by atoms with Gasteiger partial charge in [0.15, 0.2) is 0 Å². The average molecular weight is 268 g/mol. The Labute approximate surface area is 103 Å². The van der Waals surface area contributed by atoms with E-state index in [-0.39, 0.29) is 12.1 Å². The molecule has 0 aliphatic rings. The van der Waals surface area contributed by atoms with Crippen LogP contribution in [0.1, 0.15) is 34.6 Å². The largest absolute Gasteiger partial charge is 0.785 e. The van der Waals surface area contributed by atoms with Crippen LogP contribution < -0.4 is 4.89 Å². The predicted molar refractivity (Wildman–Crippen MR) is 61.1 cm³/mol. The Balaban J connectivity index is 4.97. The number of hydrogen-bond acceptors (Lipinski definition) is 5. The van der Waals surface area contributed by atoms with Crippen LogP contribution in [0.2, 0.25) is 0 Å². The molecular weight excluding hydrogens is 251 g/mol. The summed E-state index contributed by atoms with van der Waals surface area (Å²) in [5, 5.41) is 9.15. The van der Waals surface area contributed by atoms with Crippen LogP contribution in [-0.4, -0.2) is 22.7 Å². The van der Waals surface area contributed by atoms with Gasteiger partial charge in [0.2, 0.25) is 5.72 Å². The Morgan fingerprint density at radius 2 is 1.81 bits per heavy atom. The zero-order valence-electron chi connectivity index (χ0n) is 10.1. The summed E-state index contributed by atoms with van der Waals surface area (Å²) in [5.74, 6) is 0. The lowest BCUT2D eigenvalue weighted by Crippen LogP contribution is -2.53. The number of nitriles is 1. The fraction of sp³-hybridized carbons (Fsp3) is 0.889. The molecule has 0 aliphatic carbocycles. The summed E-state index contributed by atoms with van der Waals surface area (Å²) in [6.07, 6.45) is 0. The van der Waals surface area contributed by atoms with E-state index in [2.05, 4.69) is 4.08 Å². The van der Waals surface area contributed by atoms with Crippen molar-refractivity contribution in [2.24, 2.45) is 0 Å². The van der Waals surface area contributed by atoms with E-state index in [1.807, 2.05) is 33.8 Å². The van der Waals surface area contributed by atoms with Gasteiger partial charge in [-0.3, -0.25) is 4.90 Å². The maximum atomic E-state index is 11.1. The van der Waals surface area contributed by atoms with Gasteiger partial charge in [0.05, 0.1) is 11.9 Å². The van der Waals surface area contributed by atoms with Crippen LogP contribution in [0.4, 0.5) is 0 Å². The van der Waals surface area contributed by atoms with Crippen LogP contribution in [0.25, 0.3) is 0 Å². The van der Waals surface area contributed by atoms with Gasteiger partial charge in [-0.05, 0) is 34.6 Å². The number of halogens is 1. The molecule has 94 valence electrons. The van der Waals surface area contributed by atoms with E-state index >= 15 is 0 Å². The molecule has 2 atom stereocenters. The van der Waals surface area contributed by atoms with E-state index < -0.39 is 14.3 Å². The van der Waals surface area contributed by atoms with E-state index in [9.17, 15) is 4.89 Å². The van der Waals surface area contributed by atoms with Gasteiger partial charge in [-0.25, -0.2) is 4.08 Å². The van der Waals surface area contributed by atoms with E-state index in [1.54, 1.807) is 4.90 Å². The first-order valence-electron chi connectivity index (χ1n) is 4.93. The summed E-state index contributed by atoms with van der Waals surface area (Å²) in [7, 11) is -2.50. The van der Waals surface area contributed by atoms with Crippen LogP contribution in [0.5, 0.6) is 0 Å². The summed E-state index contributed by atoms with van der Waals surface area (Å²) >= 11 is 4.94. The lowest BCUT2D eigenvalue weighted by molar-refractivity contribution is -0.215. The third-order valence-electron chi connectivity index (χ3n) is 2.12. The molecule has 0 aliphatic heterocycles. The molecule has 0 bridgehead atoms. The zero-order valence-corrected chi connectivity index (χ0v) is 11.7. The highest BCUT2D eigenvalue weighted by molar-refractivity contribution is 7.40. The Bertz CT molecular complexity index is 252. The Kier molecular flexibility index (Phi) is 6.73. The molecule has 7 heteroatoms. The molecule has 0 heterocycles. The molecule has 0 saturated heterocycles. The SMILES string of the molecule is CC(C)N(C(C)C)C(C)(C#N)OP([O-])OCl. The highest BCUT2D eigenvalue weighted by Gasteiger charge is 2.37. The molecule has 0 aromatic heterocycles. The average Bonchev–Trinajstić information content (AvgIpc) is 2.16. The van der Waals surface area contributed by atoms with Gasteiger partial charge in [-0.15, -0.1) is 0 Å². The number of nitrogens with zero attached hydrogens (tertiary/aromatic N) is 2. The molecule has 0 N–H and O–H groups in total. The van der Waals surface area contributed by atoms with Crippen molar-refractivity contribution in [3.8, 4) is 6.07 Å². The molecular formula is C9H17ClN2O3P-. The molecule has 0 fully saturated rings. The van der Waals surface area contributed by atoms with Gasteiger partial charge < -0.3 is 9.42 Å². The summed E-state index contributed by atoms with van der Waals surface area (Å²) in [6, 6.07) is 2.11. The molecule has 0 aromatic carbocycles. The van der Waals surface area contributed by atoms with Crippen molar-refractivity contribution in [1.29, 1.82) is 5.26 Å². The van der Waals surface area contributed by atoms with Crippen molar-refractivity contribution in [2.45, 2.75) is 52.4 Å². The predicted octanol–water partition coefficient (Wildman–Crippen LogP) is 2.12. The minimum Gasteiger partial charge on any atom is -0.785 e. The molecule has 0 amide bonds. The standard InChI is InChI=1S/C9H17ClN2O3P/c1-7(2)12(8(3)4)9(5,6-11)14-16(13)15-10/h7-8H,1-5H3/q-1. The molecule has 16 heavy (non-hydrogen) atoms. The molecule has 2 unspecified atom stereocenters. The van der Waals surface area contributed by atoms with Crippen LogP contribution in [0.15, 0.2) is 0 Å². The zero-order chi connectivity index (χ0) is 12.9. The van der Waals surface area contributed by atoms with Crippen LogP contribution in [0, 0.1) is 11.3 Å². The normalized spacial score (nSPS) is 17.6. The van der Waals surface area contributed by atoms with Gasteiger partial charge in [0.1, 0.15) is 14.7 Å². The van der Waals surface area contributed by atoms with Crippen LogP contribution >= 0.6 is 20.5 Å². The summed E-state index contributed by atoms with van der Waals surface area (Å²) in [5.41, 5.74) is -1.33. The van der Waals surface area contributed by atoms with Crippen molar-refractivity contribution in [2.75, 3.05) is 0 Å². The Morgan fingerprint density at radius 1 is 1.38 bits per heavy atom. The minimum absolute atomic E-state index is 0.0587. The molecule has 0 aromatic rings. The van der Waals surface area contributed by atoms with Crippen LogP contribution in [0.3, 0.4) is 0 Å². The van der Waals surface area contributed by atoms with Crippen molar-refractivity contribution in [1.82, 2.24) is 4.90 Å². The van der Waals surface area contributed by atoms with Gasteiger partial charge >= 0.3 is 0 Å². The van der Waals surface area contributed by atoms with Crippen molar-refractivity contribution >= 4 is 20.5 Å². The second kappa shape index (κ2) is 6.70. The van der Waals surface area contributed by atoms with Crippen molar-refractivity contribution in [3.63, 3.8) is 0 Å². The fourth-order valence-corrected chi connectivity index (χ4v) is 2.40. The monoisotopic (exact) mass is 267 g/mol. The third-order valence-corrected chi connectivity index (χ3v) is 3.08. The first-order chi connectivity index (χ1) is 7.28. The van der Waals surface area contributed by atoms with Gasteiger partial charge in [-0.2, -0.15) is 5.26 Å². The van der Waals surface area contributed by atoms with E-state index in [0.29, 0.717) is 0 Å². The number of rotatable bonds is 6. The highest BCUT2D eigenvalue weighted by atomic mass is 35.5. The molecule has 0 saturated carbocycles. The number of hydrogen-bond donors (Lipinski definition) is 0. The summed E-state index contributed by atoms with van der Waals surface area (Å²) in [6.45, 7) is 9.23. The van der Waals surface area contributed by atoms with E-state index in [4.69, 9.17) is 21.7 Å². The highest BCUT2D eigenvalue weighted by Crippen LogP contribution is 2.38. The van der Waals surface area contributed by atoms with Gasteiger partial charge in [0.25, 0.3) is 0 Å². The summed E-state index contributed by atoms with van der Waals surface area (Å²) < 4.78 is 9.08. The van der Waals surface area contributed by atoms with E-state index in [0.717, 1.165) is 0 Å². The van der Waals surface area contributed by atoms with E-state index in [1.165, 1.54) is 6.92 Å². The molecule has 0 radical (unpaired) electrons. The Morgan fingerprint density at radius 3 is 2.06 bits per heavy atom. The maximum Gasteiger partial charge on any atom is 0.212 e. The molecule has 0 rings (SSSR count). The summed E-state index contributed by atoms with van der Waals surface area (Å²) in [4.78, 5) is 12.9.